The quantitative estimate of drug-likeness (QED) is 0.420. The highest BCUT2D eigenvalue weighted by Crippen LogP contribution is 2.68. The van der Waals surface area contributed by atoms with Crippen molar-refractivity contribution < 1.29 is 17.9 Å². The van der Waals surface area contributed by atoms with E-state index >= 15 is 0 Å². The average molecular weight is 584 g/mol. The molecule has 41 heavy (non-hydrogen) atoms. The zero-order valence-electron chi connectivity index (χ0n) is 25.4. The summed E-state index contributed by atoms with van der Waals surface area (Å²) >= 11 is 0. The Balaban J connectivity index is 1.44. The number of nitrogens with zero attached hydrogens (tertiary/aromatic N) is 6. The molecule has 3 aromatic heterocycles. The van der Waals surface area contributed by atoms with Crippen molar-refractivity contribution in [3.8, 4) is 11.7 Å². The van der Waals surface area contributed by atoms with Crippen molar-refractivity contribution in [1.82, 2.24) is 29.3 Å². The maximum atomic E-state index is 13.5. The van der Waals surface area contributed by atoms with E-state index in [1.807, 2.05) is 0 Å². The standard InChI is InChI=1S/C29H41N7O4S/c1-18-14-27(3,4)35(16-18)25-20(26(37)33-41(38,39)21-15-30-34(9)19(21)2)10-11-23(31-25)36-13-12-24(32-36)40-17-22-28(5,6)29(22,7)8/h10-13,15,18,22H,14,16-17H2,1-9H3,(H,33,37)/t18-/m0/s1. The molecule has 1 N–H and O–H groups in total. The summed E-state index contributed by atoms with van der Waals surface area (Å²) in [4.78, 5) is 20.4. The number of carbonyl (C=O) groups excluding carboxylic acids is 1. The van der Waals surface area contributed by atoms with E-state index in [1.54, 1.807) is 43.0 Å². The van der Waals surface area contributed by atoms with Crippen LogP contribution in [0, 0.1) is 29.6 Å². The van der Waals surface area contributed by atoms with Crippen LogP contribution in [0.5, 0.6) is 5.88 Å². The van der Waals surface area contributed by atoms with Gasteiger partial charge in [0, 0.05) is 37.3 Å². The van der Waals surface area contributed by atoms with Crippen molar-refractivity contribution in [3.63, 3.8) is 0 Å². The molecule has 0 spiro atoms. The predicted octanol–water partition coefficient (Wildman–Crippen LogP) is 4.11. The number of carbonyl (C=O) groups is 1. The van der Waals surface area contributed by atoms with Crippen LogP contribution >= 0.6 is 0 Å². The lowest BCUT2D eigenvalue weighted by molar-refractivity contribution is 0.0981. The fraction of sp³-hybridized carbons (Fsp3) is 0.586. The highest BCUT2D eigenvalue weighted by Gasteiger charge is 2.64. The molecule has 4 heterocycles. The second-order valence-electron chi connectivity index (χ2n) is 13.3. The number of hydrogen-bond donors (Lipinski definition) is 1. The maximum absolute atomic E-state index is 13.5. The summed E-state index contributed by atoms with van der Waals surface area (Å²) in [5.74, 6) is 1.47. The van der Waals surface area contributed by atoms with Gasteiger partial charge in [0.05, 0.1) is 24.1 Å². The van der Waals surface area contributed by atoms with Crippen LogP contribution in [0.3, 0.4) is 0 Å². The summed E-state index contributed by atoms with van der Waals surface area (Å²) in [5.41, 5.74) is 0.736. The van der Waals surface area contributed by atoms with E-state index in [0.29, 0.717) is 48.2 Å². The first kappa shape index (κ1) is 29.1. The molecule has 11 nitrogen and oxygen atoms in total. The van der Waals surface area contributed by atoms with Gasteiger partial charge in [-0.05, 0) is 56.1 Å². The third-order valence-corrected chi connectivity index (χ3v) is 11.1. The first-order chi connectivity index (χ1) is 19.0. The van der Waals surface area contributed by atoms with Crippen LogP contribution < -0.4 is 14.4 Å². The lowest BCUT2D eigenvalue weighted by Gasteiger charge is -2.34. The van der Waals surface area contributed by atoms with Gasteiger partial charge in [-0.25, -0.2) is 22.8 Å². The Hall–Kier alpha value is -3.41. The Labute approximate surface area is 242 Å². The number of sulfonamides is 1. The minimum atomic E-state index is -4.14. The molecular weight excluding hydrogens is 542 g/mol. The first-order valence-corrected chi connectivity index (χ1v) is 15.5. The molecule has 12 heteroatoms. The summed E-state index contributed by atoms with van der Waals surface area (Å²) in [7, 11) is -2.50. The van der Waals surface area contributed by atoms with Gasteiger partial charge in [-0.1, -0.05) is 34.6 Å². The second-order valence-corrected chi connectivity index (χ2v) is 15.0. The third kappa shape index (κ3) is 5.00. The molecule has 3 aromatic rings. The molecule has 0 aromatic carbocycles. The van der Waals surface area contributed by atoms with E-state index in [0.717, 1.165) is 6.42 Å². The van der Waals surface area contributed by atoms with Gasteiger partial charge in [-0.3, -0.25) is 9.48 Å². The number of pyridine rings is 1. The molecule has 0 bridgehead atoms. The molecule has 1 aliphatic carbocycles. The Morgan fingerprint density at radius 2 is 1.80 bits per heavy atom. The van der Waals surface area contributed by atoms with E-state index < -0.39 is 15.9 Å². The van der Waals surface area contributed by atoms with E-state index in [1.165, 1.54) is 10.9 Å². The van der Waals surface area contributed by atoms with Gasteiger partial charge in [0.1, 0.15) is 10.7 Å². The molecule has 2 fully saturated rings. The Bertz CT molecular complexity index is 1590. The highest BCUT2D eigenvalue weighted by molar-refractivity contribution is 7.90. The van der Waals surface area contributed by atoms with Crippen LogP contribution in [0.1, 0.15) is 70.9 Å². The Morgan fingerprint density at radius 3 is 2.37 bits per heavy atom. The molecule has 1 atom stereocenters. The molecule has 0 unspecified atom stereocenters. The average Bonchev–Trinajstić information content (AvgIpc) is 3.38. The molecule has 2 aliphatic rings. The number of nitrogens with one attached hydrogen (secondary N) is 1. The van der Waals surface area contributed by atoms with Gasteiger partial charge in [0.2, 0.25) is 5.88 Å². The molecule has 1 amide bonds. The van der Waals surface area contributed by atoms with Crippen LogP contribution in [-0.4, -0.2) is 57.6 Å². The number of anilines is 1. The van der Waals surface area contributed by atoms with Crippen LogP contribution in [0.15, 0.2) is 35.5 Å². The Morgan fingerprint density at radius 1 is 1.12 bits per heavy atom. The zero-order valence-corrected chi connectivity index (χ0v) is 26.2. The second kappa shape index (κ2) is 9.57. The Kier molecular flexibility index (Phi) is 6.79. The first-order valence-electron chi connectivity index (χ1n) is 14.0. The van der Waals surface area contributed by atoms with Crippen molar-refractivity contribution in [3.05, 3.63) is 41.9 Å². The number of aryl methyl sites for hydroxylation is 1. The molecule has 222 valence electrons. The zero-order chi connectivity index (χ0) is 30.1. The number of ether oxygens (including phenoxy) is 1. The molecule has 1 aliphatic heterocycles. The van der Waals surface area contributed by atoms with Crippen molar-refractivity contribution in [2.45, 2.75) is 72.2 Å². The topological polar surface area (TPSA) is 124 Å². The predicted molar refractivity (Wildman–Crippen MR) is 156 cm³/mol. The van der Waals surface area contributed by atoms with Crippen molar-refractivity contribution in [1.29, 1.82) is 0 Å². The van der Waals surface area contributed by atoms with Crippen LogP contribution in [-0.2, 0) is 17.1 Å². The van der Waals surface area contributed by atoms with Gasteiger partial charge in [0.25, 0.3) is 15.9 Å². The van der Waals surface area contributed by atoms with Crippen LogP contribution in [0.25, 0.3) is 5.82 Å². The van der Waals surface area contributed by atoms with Gasteiger partial charge >= 0.3 is 0 Å². The number of rotatable bonds is 8. The van der Waals surface area contributed by atoms with Gasteiger partial charge in [0.15, 0.2) is 5.82 Å². The summed E-state index contributed by atoms with van der Waals surface area (Å²) in [6.07, 6.45) is 3.92. The van der Waals surface area contributed by atoms with Crippen molar-refractivity contribution >= 4 is 21.7 Å². The maximum Gasteiger partial charge on any atom is 0.268 e. The van der Waals surface area contributed by atoms with E-state index in [-0.39, 0.29) is 26.8 Å². The lowest BCUT2D eigenvalue weighted by atomic mass is 9.97. The van der Waals surface area contributed by atoms with E-state index in [2.05, 4.69) is 68.3 Å². The van der Waals surface area contributed by atoms with Gasteiger partial charge in [-0.15, -0.1) is 5.10 Å². The minimum Gasteiger partial charge on any atom is -0.476 e. The van der Waals surface area contributed by atoms with E-state index in [4.69, 9.17) is 9.72 Å². The number of hydrogen-bond acceptors (Lipinski definition) is 8. The highest BCUT2D eigenvalue weighted by atomic mass is 32.2. The van der Waals surface area contributed by atoms with Crippen molar-refractivity contribution in [2.75, 3.05) is 18.1 Å². The molecule has 0 radical (unpaired) electrons. The molecule has 1 saturated heterocycles. The lowest BCUT2D eigenvalue weighted by Crippen LogP contribution is -2.41. The van der Waals surface area contributed by atoms with Crippen LogP contribution in [0.4, 0.5) is 5.82 Å². The largest absolute Gasteiger partial charge is 0.476 e. The van der Waals surface area contributed by atoms with E-state index in [9.17, 15) is 13.2 Å². The monoisotopic (exact) mass is 583 g/mol. The smallest absolute Gasteiger partial charge is 0.268 e. The fourth-order valence-corrected chi connectivity index (χ4v) is 7.48. The van der Waals surface area contributed by atoms with Crippen molar-refractivity contribution in [2.24, 2.45) is 29.7 Å². The molecular formula is C29H41N7O4S. The number of aromatic nitrogens is 5. The summed E-state index contributed by atoms with van der Waals surface area (Å²) in [6, 6.07) is 5.07. The molecule has 1 saturated carbocycles. The number of amides is 1. The fourth-order valence-electron chi connectivity index (χ4n) is 6.31. The van der Waals surface area contributed by atoms with Gasteiger partial charge in [-0.2, -0.15) is 5.10 Å². The summed E-state index contributed by atoms with van der Waals surface area (Å²) in [5, 5.41) is 8.59. The summed E-state index contributed by atoms with van der Waals surface area (Å²) < 4.78 is 37.5. The molecule has 5 rings (SSSR count). The SMILES string of the molecule is Cc1c(S(=O)(=O)NC(=O)c2ccc(-n3ccc(OCC4C(C)(C)C4(C)C)n3)nc2N2C[C@@H](C)CC2(C)C)cnn1C. The summed E-state index contributed by atoms with van der Waals surface area (Å²) in [6.45, 7) is 18.3. The normalized spacial score (nSPS) is 21.2. The van der Waals surface area contributed by atoms with Gasteiger partial charge < -0.3 is 9.64 Å². The third-order valence-electron chi connectivity index (χ3n) is 9.66. The van der Waals surface area contributed by atoms with Crippen LogP contribution in [0.2, 0.25) is 0 Å². The minimum absolute atomic E-state index is 0.0448.